The molecule has 108 valence electrons. The van der Waals surface area contributed by atoms with E-state index in [-0.39, 0.29) is 12.2 Å². The predicted octanol–water partition coefficient (Wildman–Crippen LogP) is 2.91. The molecule has 19 heavy (non-hydrogen) atoms. The molecule has 0 saturated carbocycles. The van der Waals surface area contributed by atoms with Crippen molar-refractivity contribution in [3.8, 4) is 5.75 Å². The second kappa shape index (κ2) is 5.79. The molecule has 0 saturated heterocycles. The minimum atomic E-state index is -4.70. The van der Waals surface area contributed by atoms with Crippen molar-refractivity contribution in [2.45, 2.75) is 38.3 Å². The van der Waals surface area contributed by atoms with Crippen molar-refractivity contribution >= 4 is 0 Å². The molecule has 1 atom stereocenters. The number of halogens is 3. The van der Waals surface area contributed by atoms with Gasteiger partial charge in [0.2, 0.25) is 0 Å². The van der Waals surface area contributed by atoms with E-state index in [0.717, 1.165) is 0 Å². The average molecular weight is 278 g/mol. The van der Waals surface area contributed by atoms with E-state index in [9.17, 15) is 18.3 Å². The summed E-state index contributed by atoms with van der Waals surface area (Å²) in [5.74, 6) is -0.281. The third kappa shape index (κ3) is 5.08. The summed E-state index contributed by atoms with van der Waals surface area (Å²) in [5.41, 5.74) is -0.0200. The molecule has 0 amide bonds. The van der Waals surface area contributed by atoms with Crippen LogP contribution in [0.3, 0.4) is 0 Å². The number of ether oxygens (including phenoxy) is 2. The number of hydrogen-bond donors (Lipinski definition) is 1. The molecule has 0 aliphatic heterocycles. The number of aliphatic hydroxyl groups is 1. The Bertz CT molecular complexity index is 399. The molecular formula is C13H17F3O3. The Balaban J connectivity index is 2.67. The van der Waals surface area contributed by atoms with Gasteiger partial charge in [-0.05, 0) is 31.5 Å². The van der Waals surface area contributed by atoms with Crippen molar-refractivity contribution < 1.29 is 27.8 Å². The lowest BCUT2D eigenvalue weighted by atomic mass is 9.95. The lowest BCUT2D eigenvalue weighted by Gasteiger charge is -2.29. The third-order valence-electron chi connectivity index (χ3n) is 2.91. The van der Waals surface area contributed by atoms with Gasteiger partial charge in [0.15, 0.2) is 0 Å². The molecule has 0 bridgehead atoms. The van der Waals surface area contributed by atoms with Gasteiger partial charge in [-0.3, -0.25) is 0 Å². The highest BCUT2D eigenvalue weighted by Gasteiger charge is 2.31. The fourth-order valence-corrected chi connectivity index (χ4v) is 1.43. The molecule has 0 aliphatic carbocycles. The molecule has 0 spiro atoms. The molecule has 1 aromatic carbocycles. The highest BCUT2D eigenvalue weighted by atomic mass is 19.4. The summed E-state index contributed by atoms with van der Waals surface area (Å²) in [5, 5.41) is 9.95. The summed E-state index contributed by atoms with van der Waals surface area (Å²) >= 11 is 0. The van der Waals surface area contributed by atoms with Gasteiger partial charge in [-0.15, -0.1) is 13.2 Å². The number of methoxy groups -OCH3 is 1. The largest absolute Gasteiger partial charge is 0.573 e. The van der Waals surface area contributed by atoms with E-state index in [1.165, 1.54) is 31.4 Å². The first kappa shape index (κ1) is 15.8. The summed E-state index contributed by atoms with van der Waals surface area (Å²) in [7, 11) is 1.49. The molecular weight excluding hydrogens is 261 g/mol. The monoisotopic (exact) mass is 278 g/mol. The van der Waals surface area contributed by atoms with Crippen LogP contribution in [0, 0.1) is 0 Å². The molecule has 0 fully saturated rings. The first-order valence-corrected chi connectivity index (χ1v) is 5.72. The van der Waals surface area contributed by atoms with E-state index >= 15 is 0 Å². The molecule has 0 aromatic heterocycles. The van der Waals surface area contributed by atoms with Gasteiger partial charge in [-0.2, -0.15) is 0 Å². The Kier molecular flexibility index (Phi) is 4.81. The van der Waals surface area contributed by atoms with Gasteiger partial charge in [-0.25, -0.2) is 0 Å². The van der Waals surface area contributed by atoms with Crippen molar-refractivity contribution in [2.24, 2.45) is 0 Å². The summed E-state index contributed by atoms with van der Waals surface area (Å²) < 4.78 is 44.8. The van der Waals surface area contributed by atoms with Crippen LogP contribution in [-0.4, -0.2) is 30.3 Å². The van der Waals surface area contributed by atoms with Crippen molar-refractivity contribution in [1.29, 1.82) is 0 Å². The second-order valence-corrected chi connectivity index (χ2v) is 4.72. The van der Waals surface area contributed by atoms with Gasteiger partial charge in [-0.1, -0.05) is 12.1 Å². The number of alkyl halides is 3. The number of hydrogen-bond acceptors (Lipinski definition) is 3. The van der Waals surface area contributed by atoms with E-state index < -0.39 is 18.1 Å². The van der Waals surface area contributed by atoms with Crippen LogP contribution in [-0.2, 0) is 11.2 Å². The lowest BCUT2D eigenvalue weighted by molar-refractivity contribution is -0.274. The summed E-state index contributed by atoms with van der Waals surface area (Å²) in [6, 6.07) is 5.40. The first-order valence-electron chi connectivity index (χ1n) is 5.72. The van der Waals surface area contributed by atoms with Gasteiger partial charge in [0, 0.05) is 13.5 Å². The van der Waals surface area contributed by atoms with Crippen LogP contribution in [0.25, 0.3) is 0 Å². The fourth-order valence-electron chi connectivity index (χ4n) is 1.43. The Hall–Kier alpha value is -1.27. The first-order chi connectivity index (χ1) is 8.64. The molecule has 0 heterocycles. The molecule has 1 N–H and O–H groups in total. The standard InChI is InChI=1S/C13H17F3O3/c1-12(2,18-3)11(17)8-9-4-6-10(7-5-9)19-13(14,15)16/h4-7,11,17H,8H2,1-3H3. The summed E-state index contributed by atoms with van der Waals surface area (Å²) in [4.78, 5) is 0. The van der Waals surface area contributed by atoms with Crippen LogP contribution in [0.5, 0.6) is 5.75 Å². The Morgan fingerprint density at radius 1 is 1.16 bits per heavy atom. The lowest BCUT2D eigenvalue weighted by Crippen LogP contribution is -2.39. The second-order valence-electron chi connectivity index (χ2n) is 4.72. The predicted molar refractivity (Wildman–Crippen MR) is 63.9 cm³/mol. The smallest absolute Gasteiger partial charge is 0.406 e. The van der Waals surface area contributed by atoms with Crippen LogP contribution in [0.15, 0.2) is 24.3 Å². The topological polar surface area (TPSA) is 38.7 Å². The summed E-state index contributed by atoms with van der Waals surface area (Å²) in [6.07, 6.45) is -5.17. The van der Waals surface area contributed by atoms with Gasteiger partial charge in [0.1, 0.15) is 5.75 Å². The van der Waals surface area contributed by atoms with E-state index in [0.29, 0.717) is 5.56 Å². The average Bonchev–Trinajstić information content (AvgIpc) is 2.29. The third-order valence-corrected chi connectivity index (χ3v) is 2.91. The zero-order valence-electron chi connectivity index (χ0n) is 11.0. The number of rotatable bonds is 5. The Morgan fingerprint density at radius 3 is 2.11 bits per heavy atom. The van der Waals surface area contributed by atoms with Crippen LogP contribution in [0.2, 0.25) is 0 Å². The van der Waals surface area contributed by atoms with Crippen LogP contribution >= 0.6 is 0 Å². The minimum absolute atomic E-state index is 0.281. The maximum absolute atomic E-state index is 12.0. The minimum Gasteiger partial charge on any atom is -0.406 e. The maximum atomic E-state index is 12.0. The van der Waals surface area contributed by atoms with Crippen LogP contribution in [0.4, 0.5) is 13.2 Å². The van der Waals surface area contributed by atoms with E-state index in [1.54, 1.807) is 13.8 Å². The number of benzene rings is 1. The SMILES string of the molecule is COC(C)(C)C(O)Cc1ccc(OC(F)(F)F)cc1. The molecule has 3 nitrogen and oxygen atoms in total. The van der Waals surface area contributed by atoms with Gasteiger partial charge in [0.25, 0.3) is 0 Å². The molecule has 6 heteroatoms. The number of aliphatic hydroxyl groups excluding tert-OH is 1. The van der Waals surface area contributed by atoms with Crippen molar-refractivity contribution in [2.75, 3.05) is 7.11 Å². The van der Waals surface area contributed by atoms with Crippen molar-refractivity contribution in [3.63, 3.8) is 0 Å². The zero-order valence-corrected chi connectivity index (χ0v) is 11.0. The van der Waals surface area contributed by atoms with Gasteiger partial charge < -0.3 is 14.6 Å². The fraction of sp³-hybridized carbons (Fsp3) is 0.538. The highest BCUT2D eigenvalue weighted by Crippen LogP contribution is 2.24. The van der Waals surface area contributed by atoms with Crippen molar-refractivity contribution in [1.82, 2.24) is 0 Å². The van der Waals surface area contributed by atoms with Gasteiger partial charge in [0.05, 0.1) is 11.7 Å². The molecule has 1 aromatic rings. The van der Waals surface area contributed by atoms with E-state index in [2.05, 4.69) is 4.74 Å². The zero-order chi connectivity index (χ0) is 14.7. The highest BCUT2D eigenvalue weighted by molar-refractivity contribution is 5.28. The normalized spacial score (nSPS) is 14.3. The van der Waals surface area contributed by atoms with Crippen molar-refractivity contribution in [3.05, 3.63) is 29.8 Å². The van der Waals surface area contributed by atoms with Crippen LogP contribution in [0.1, 0.15) is 19.4 Å². The summed E-state index contributed by atoms with van der Waals surface area (Å²) in [6.45, 7) is 3.47. The quantitative estimate of drug-likeness (QED) is 0.900. The molecule has 1 rings (SSSR count). The Labute approximate surface area is 110 Å². The van der Waals surface area contributed by atoms with Gasteiger partial charge >= 0.3 is 6.36 Å². The molecule has 1 unspecified atom stereocenters. The Morgan fingerprint density at radius 2 is 1.68 bits per heavy atom. The van der Waals surface area contributed by atoms with E-state index in [1.807, 2.05) is 0 Å². The molecule has 0 radical (unpaired) electrons. The van der Waals surface area contributed by atoms with E-state index in [4.69, 9.17) is 4.74 Å². The van der Waals surface area contributed by atoms with Crippen LogP contribution < -0.4 is 4.74 Å². The molecule has 0 aliphatic rings. The maximum Gasteiger partial charge on any atom is 0.573 e.